The molecule has 1 aromatic heterocycles. The summed E-state index contributed by atoms with van der Waals surface area (Å²) in [6.07, 6.45) is 3.66. The van der Waals surface area contributed by atoms with E-state index in [0.29, 0.717) is 0 Å². The summed E-state index contributed by atoms with van der Waals surface area (Å²) in [6, 6.07) is 21.8. The van der Waals surface area contributed by atoms with Crippen LogP contribution in [0.4, 0.5) is 0 Å². The van der Waals surface area contributed by atoms with E-state index in [9.17, 15) is 18.3 Å². The molecule has 36 heavy (non-hydrogen) atoms. The molecule has 0 aliphatic carbocycles. The Bertz CT molecular complexity index is 1480. The van der Waals surface area contributed by atoms with Crippen LogP contribution in [0.5, 0.6) is 0 Å². The smallest absolute Gasteiger partial charge is 0.322 e. The number of sulfonamides is 1. The zero-order valence-corrected chi connectivity index (χ0v) is 21.4. The largest absolute Gasteiger partial charge is 0.480 e. The van der Waals surface area contributed by atoms with Gasteiger partial charge in [-0.1, -0.05) is 74.5 Å². The molecule has 0 bridgehead atoms. The third-order valence-electron chi connectivity index (χ3n) is 6.47. The first-order chi connectivity index (χ1) is 17.2. The van der Waals surface area contributed by atoms with Crippen LogP contribution in [0.2, 0.25) is 0 Å². The Morgan fingerprint density at radius 1 is 0.917 bits per heavy atom. The first-order valence-electron chi connectivity index (χ1n) is 11.9. The molecule has 186 valence electrons. The van der Waals surface area contributed by atoms with Crippen LogP contribution in [0.15, 0.2) is 83.9 Å². The van der Waals surface area contributed by atoms with Gasteiger partial charge in [0.25, 0.3) is 0 Å². The summed E-state index contributed by atoms with van der Waals surface area (Å²) in [5.74, 6) is -1.58. The normalized spacial score (nSPS) is 12.7. The number of hydrogen-bond acceptors (Lipinski definition) is 4. The van der Waals surface area contributed by atoms with Gasteiger partial charge in [-0.05, 0) is 65.5 Å². The van der Waals surface area contributed by atoms with E-state index in [1.54, 1.807) is 26.0 Å². The van der Waals surface area contributed by atoms with Crippen LogP contribution >= 0.6 is 0 Å². The number of carboxylic acid groups (broad SMARTS) is 1. The van der Waals surface area contributed by atoms with Gasteiger partial charge in [0.15, 0.2) is 0 Å². The lowest BCUT2D eigenvalue weighted by Gasteiger charge is -2.18. The second-order valence-corrected chi connectivity index (χ2v) is 11.0. The second-order valence-electron chi connectivity index (χ2n) is 9.32. The van der Waals surface area contributed by atoms with Crippen molar-refractivity contribution in [3.63, 3.8) is 0 Å². The number of pyridine rings is 1. The molecule has 0 spiro atoms. The zero-order valence-electron chi connectivity index (χ0n) is 20.6. The van der Waals surface area contributed by atoms with Crippen LogP contribution in [0, 0.1) is 12.8 Å². The lowest BCUT2D eigenvalue weighted by molar-refractivity contribution is -0.140. The SMILES string of the molecule is Cc1c(CCc2ccc(-c3ccc(S(=O)(=O)N[C@@H](C(=O)O)C(C)C)cc3)cc2)ncc2ccccc12. The van der Waals surface area contributed by atoms with Crippen molar-refractivity contribution in [2.75, 3.05) is 0 Å². The summed E-state index contributed by atoms with van der Waals surface area (Å²) in [5.41, 5.74) is 5.38. The highest BCUT2D eigenvalue weighted by molar-refractivity contribution is 7.89. The van der Waals surface area contributed by atoms with Crippen molar-refractivity contribution in [2.24, 2.45) is 5.92 Å². The van der Waals surface area contributed by atoms with Crippen molar-refractivity contribution in [3.05, 3.63) is 95.8 Å². The van der Waals surface area contributed by atoms with Crippen LogP contribution in [0.3, 0.4) is 0 Å². The van der Waals surface area contributed by atoms with Gasteiger partial charge >= 0.3 is 5.97 Å². The minimum Gasteiger partial charge on any atom is -0.480 e. The van der Waals surface area contributed by atoms with Gasteiger partial charge < -0.3 is 5.11 Å². The summed E-state index contributed by atoms with van der Waals surface area (Å²) < 4.78 is 27.6. The van der Waals surface area contributed by atoms with E-state index < -0.39 is 22.0 Å². The summed E-state index contributed by atoms with van der Waals surface area (Å²) >= 11 is 0. The Kier molecular flexibility index (Phi) is 7.52. The molecule has 4 aromatic rings. The van der Waals surface area contributed by atoms with Gasteiger partial charge in [0.1, 0.15) is 6.04 Å². The standard InChI is InChI=1S/C29H30N2O4S/c1-19(2)28(29(32)33)31-36(34,35)25-15-13-23(14-16-25)22-11-8-21(9-12-22)10-17-27-20(3)26-7-5-4-6-24(26)18-30-27/h4-9,11-16,18-19,28,31H,10,17H2,1-3H3,(H,32,33)/t28-/m1/s1. The number of aromatic nitrogens is 1. The number of carbonyl (C=O) groups is 1. The maximum Gasteiger partial charge on any atom is 0.322 e. The average Bonchev–Trinajstić information content (AvgIpc) is 2.87. The fraction of sp³-hybridized carbons (Fsp3) is 0.241. The zero-order chi connectivity index (χ0) is 25.9. The van der Waals surface area contributed by atoms with Gasteiger partial charge in [0.2, 0.25) is 10.0 Å². The lowest BCUT2D eigenvalue weighted by Crippen LogP contribution is -2.44. The lowest BCUT2D eigenvalue weighted by atomic mass is 9.99. The van der Waals surface area contributed by atoms with Gasteiger partial charge in [0.05, 0.1) is 4.90 Å². The van der Waals surface area contributed by atoms with Crippen molar-refractivity contribution in [3.8, 4) is 11.1 Å². The molecule has 4 rings (SSSR count). The number of benzene rings is 3. The molecule has 3 aromatic carbocycles. The van der Waals surface area contributed by atoms with Crippen molar-refractivity contribution in [2.45, 2.75) is 44.6 Å². The van der Waals surface area contributed by atoms with Gasteiger partial charge in [0, 0.05) is 17.3 Å². The number of aryl methyl sites for hydroxylation is 3. The quantitative estimate of drug-likeness (QED) is 0.320. The summed E-state index contributed by atoms with van der Waals surface area (Å²) in [6.45, 7) is 5.44. The monoisotopic (exact) mass is 502 g/mol. The molecule has 7 heteroatoms. The minimum atomic E-state index is -3.94. The Balaban J connectivity index is 1.44. The number of hydrogen-bond donors (Lipinski definition) is 2. The molecular weight excluding hydrogens is 472 g/mol. The number of aliphatic carboxylic acids is 1. The van der Waals surface area contributed by atoms with Crippen LogP contribution in [0.1, 0.15) is 30.7 Å². The van der Waals surface area contributed by atoms with E-state index in [1.165, 1.54) is 28.6 Å². The molecule has 0 radical (unpaired) electrons. The van der Waals surface area contributed by atoms with E-state index in [2.05, 4.69) is 47.0 Å². The molecule has 1 heterocycles. The third-order valence-corrected chi connectivity index (χ3v) is 7.93. The minimum absolute atomic E-state index is 0.0352. The molecule has 1 atom stereocenters. The molecule has 0 aliphatic rings. The highest BCUT2D eigenvalue weighted by Gasteiger charge is 2.27. The van der Waals surface area contributed by atoms with Crippen molar-refractivity contribution in [1.82, 2.24) is 9.71 Å². The summed E-state index contributed by atoms with van der Waals surface area (Å²) in [7, 11) is -3.94. The van der Waals surface area contributed by atoms with Crippen LogP contribution in [0.25, 0.3) is 21.9 Å². The number of carboxylic acids is 1. The van der Waals surface area contributed by atoms with E-state index in [4.69, 9.17) is 0 Å². The van der Waals surface area contributed by atoms with Gasteiger partial charge in [-0.15, -0.1) is 0 Å². The van der Waals surface area contributed by atoms with Gasteiger partial charge in [-0.3, -0.25) is 9.78 Å². The van der Waals surface area contributed by atoms with Gasteiger partial charge in [-0.25, -0.2) is 8.42 Å². The fourth-order valence-electron chi connectivity index (χ4n) is 4.26. The topological polar surface area (TPSA) is 96.4 Å². The van der Waals surface area contributed by atoms with Crippen LogP contribution in [-0.4, -0.2) is 30.5 Å². The third kappa shape index (κ3) is 5.64. The van der Waals surface area contributed by atoms with Crippen molar-refractivity contribution >= 4 is 26.8 Å². The molecule has 0 unspecified atom stereocenters. The molecule has 0 fully saturated rings. The first-order valence-corrected chi connectivity index (χ1v) is 13.4. The van der Waals surface area contributed by atoms with E-state index in [-0.39, 0.29) is 10.8 Å². The van der Waals surface area contributed by atoms with Crippen molar-refractivity contribution in [1.29, 1.82) is 0 Å². The highest BCUT2D eigenvalue weighted by atomic mass is 32.2. The van der Waals surface area contributed by atoms with E-state index in [0.717, 1.165) is 35.0 Å². The van der Waals surface area contributed by atoms with Crippen molar-refractivity contribution < 1.29 is 18.3 Å². The van der Waals surface area contributed by atoms with Gasteiger partial charge in [-0.2, -0.15) is 4.72 Å². The molecule has 6 nitrogen and oxygen atoms in total. The molecular formula is C29H30N2O4S. The second kappa shape index (κ2) is 10.6. The highest BCUT2D eigenvalue weighted by Crippen LogP contribution is 2.24. The number of nitrogens with zero attached hydrogens (tertiary/aromatic N) is 1. The predicted molar refractivity (Wildman–Crippen MR) is 142 cm³/mol. The molecule has 0 aliphatic heterocycles. The summed E-state index contributed by atoms with van der Waals surface area (Å²) in [5, 5.41) is 11.7. The number of rotatable bonds is 9. The molecule has 0 saturated carbocycles. The number of nitrogens with one attached hydrogen (secondary N) is 1. The number of fused-ring (bicyclic) bond motifs is 1. The maximum absolute atomic E-state index is 12.6. The van der Waals surface area contributed by atoms with Crippen LogP contribution in [-0.2, 0) is 27.7 Å². The Hall–Kier alpha value is -3.55. The Morgan fingerprint density at radius 3 is 2.14 bits per heavy atom. The molecule has 2 N–H and O–H groups in total. The first kappa shape index (κ1) is 25.5. The van der Waals surface area contributed by atoms with E-state index >= 15 is 0 Å². The summed E-state index contributed by atoms with van der Waals surface area (Å²) in [4.78, 5) is 16.1. The molecule has 0 amide bonds. The average molecular weight is 503 g/mol. The predicted octanol–water partition coefficient (Wildman–Crippen LogP) is 5.38. The Labute approximate surface area is 212 Å². The maximum atomic E-state index is 12.6. The fourth-order valence-corrected chi connectivity index (χ4v) is 5.60. The van der Waals surface area contributed by atoms with E-state index in [1.807, 2.05) is 24.4 Å². The molecule has 0 saturated heterocycles. The Morgan fingerprint density at radius 2 is 1.53 bits per heavy atom. The van der Waals surface area contributed by atoms with Crippen LogP contribution < -0.4 is 4.72 Å².